The van der Waals surface area contributed by atoms with Gasteiger partial charge >= 0.3 is 12.4 Å². The molecule has 0 aromatic heterocycles. The van der Waals surface area contributed by atoms with Crippen molar-refractivity contribution in [3.8, 4) is 0 Å². The molecule has 0 spiro atoms. The van der Waals surface area contributed by atoms with Crippen molar-refractivity contribution in [2.24, 2.45) is 22.7 Å². The molecule has 0 aromatic rings. The quantitative estimate of drug-likeness (QED) is 0.469. The normalized spacial score (nSPS) is 33.3. The van der Waals surface area contributed by atoms with Gasteiger partial charge in [-0.15, -0.1) is 0 Å². The summed E-state index contributed by atoms with van der Waals surface area (Å²) in [7, 11) is 0. The van der Waals surface area contributed by atoms with E-state index in [0.29, 0.717) is 0 Å². The molecule has 1 aliphatic carbocycles. The standard InChI is InChI=1S/C20H27F6NO5/c1-17(2)14(29)12(15(30)18(3,4)16(17)31)13(28)9-5-6-11(20(24,25)26)27-10(9)7-32-8-19(21,22)23/h9-12,14,27,29H,5-8H2,1-4H3. The van der Waals surface area contributed by atoms with Gasteiger partial charge in [-0.3, -0.25) is 14.4 Å². The van der Waals surface area contributed by atoms with Crippen LogP contribution in [0.25, 0.3) is 0 Å². The van der Waals surface area contributed by atoms with Crippen LogP contribution in [0.1, 0.15) is 40.5 Å². The topological polar surface area (TPSA) is 92.7 Å². The molecule has 1 saturated heterocycles. The summed E-state index contributed by atoms with van der Waals surface area (Å²) in [6.07, 6.45) is -12.1. The van der Waals surface area contributed by atoms with Gasteiger partial charge in [-0.2, -0.15) is 26.3 Å². The Balaban J connectivity index is 2.33. The number of rotatable bonds is 5. The maximum atomic E-state index is 13.3. The van der Waals surface area contributed by atoms with Crippen LogP contribution in [-0.2, 0) is 19.1 Å². The molecule has 0 radical (unpaired) electrons. The van der Waals surface area contributed by atoms with Crippen molar-refractivity contribution in [2.45, 2.75) is 71.1 Å². The first-order valence-corrected chi connectivity index (χ1v) is 10.1. The number of halogens is 6. The van der Waals surface area contributed by atoms with Gasteiger partial charge in [0.05, 0.1) is 23.5 Å². The first-order valence-electron chi connectivity index (χ1n) is 10.1. The molecular weight excluding hydrogens is 448 g/mol. The summed E-state index contributed by atoms with van der Waals surface area (Å²) in [6, 6.07) is -3.53. The monoisotopic (exact) mass is 475 g/mol. The minimum atomic E-state index is -4.72. The van der Waals surface area contributed by atoms with Crippen molar-refractivity contribution in [3.63, 3.8) is 0 Å². The summed E-state index contributed by atoms with van der Waals surface area (Å²) in [5, 5.41) is 12.8. The van der Waals surface area contributed by atoms with Crippen LogP contribution in [0.5, 0.6) is 0 Å². The van der Waals surface area contributed by atoms with Crippen molar-refractivity contribution in [3.05, 3.63) is 0 Å². The Bertz CT molecular complexity index is 761. The van der Waals surface area contributed by atoms with Gasteiger partial charge in [-0.05, 0) is 26.7 Å². The van der Waals surface area contributed by atoms with E-state index in [2.05, 4.69) is 10.1 Å². The van der Waals surface area contributed by atoms with E-state index in [9.17, 15) is 45.8 Å². The first kappa shape index (κ1) is 26.7. The molecule has 0 bridgehead atoms. The second kappa shape index (κ2) is 8.68. The van der Waals surface area contributed by atoms with Crippen LogP contribution in [0, 0.1) is 22.7 Å². The summed E-state index contributed by atoms with van der Waals surface area (Å²) < 4.78 is 81.3. The highest BCUT2D eigenvalue weighted by Crippen LogP contribution is 2.45. The molecular formula is C20H27F6NO5. The highest BCUT2D eigenvalue weighted by atomic mass is 19.4. The van der Waals surface area contributed by atoms with Crippen molar-refractivity contribution >= 4 is 17.3 Å². The number of hydrogen-bond donors (Lipinski definition) is 2. The lowest BCUT2D eigenvalue weighted by Gasteiger charge is -2.47. The Morgan fingerprint density at radius 2 is 1.66 bits per heavy atom. The largest absolute Gasteiger partial charge is 0.411 e. The third-order valence-corrected chi connectivity index (χ3v) is 6.40. The minimum Gasteiger partial charge on any atom is -0.391 e. The van der Waals surface area contributed by atoms with Gasteiger partial charge in [0.25, 0.3) is 0 Å². The molecule has 0 amide bonds. The maximum absolute atomic E-state index is 13.3. The van der Waals surface area contributed by atoms with Crippen molar-refractivity contribution in [1.29, 1.82) is 0 Å². The molecule has 1 aliphatic heterocycles. The van der Waals surface area contributed by atoms with Gasteiger partial charge in [-0.1, -0.05) is 13.8 Å². The predicted molar refractivity (Wildman–Crippen MR) is 98.4 cm³/mol. The molecule has 2 fully saturated rings. The van der Waals surface area contributed by atoms with E-state index in [0.717, 1.165) is 0 Å². The fourth-order valence-corrected chi connectivity index (χ4v) is 4.59. The molecule has 6 nitrogen and oxygen atoms in total. The van der Waals surface area contributed by atoms with Crippen molar-refractivity contribution < 1.29 is 50.6 Å². The lowest BCUT2D eigenvalue weighted by Crippen LogP contribution is -2.64. The lowest BCUT2D eigenvalue weighted by atomic mass is 9.56. The fraction of sp³-hybridized carbons (Fsp3) is 0.850. The zero-order valence-corrected chi connectivity index (χ0v) is 18.1. The third kappa shape index (κ3) is 5.17. The number of alkyl halides is 6. The smallest absolute Gasteiger partial charge is 0.391 e. The minimum absolute atomic E-state index is 0.374. The van der Waals surface area contributed by atoms with Crippen molar-refractivity contribution in [2.75, 3.05) is 13.2 Å². The number of ketones is 3. The number of carbonyl (C=O) groups excluding carboxylic acids is 3. The number of aliphatic hydroxyl groups excluding tert-OH is 1. The van der Waals surface area contributed by atoms with Gasteiger partial charge in [-0.25, -0.2) is 0 Å². The average Bonchev–Trinajstić information content (AvgIpc) is 2.64. The van der Waals surface area contributed by atoms with Crippen LogP contribution in [0.3, 0.4) is 0 Å². The molecule has 2 rings (SSSR count). The molecule has 0 aromatic carbocycles. The molecule has 5 unspecified atom stereocenters. The van der Waals surface area contributed by atoms with Crippen molar-refractivity contribution in [1.82, 2.24) is 5.32 Å². The summed E-state index contributed by atoms with van der Waals surface area (Å²) in [4.78, 5) is 38.9. The van der Waals surface area contributed by atoms with Gasteiger partial charge in [0.2, 0.25) is 0 Å². The Kier molecular flexibility index (Phi) is 7.24. The SMILES string of the molecule is CC1(C)C(=O)C(C(=O)C2CCC(C(F)(F)F)NC2COCC(F)(F)F)C(O)C(C)(C)C1=O. The van der Waals surface area contributed by atoms with E-state index in [-0.39, 0.29) is 6.42 Å². The molecule has 2 N–H and O–H groups in total. The molecule has 1 saturated carbocycles. The van der Waals surface area contributed by atoms with Crippen LogP contribution < -0.4 is 5.32 Å². The molecule has 5 atom stereocenters. The number of carbonyl (C=O) groups is 3. The molecule has 1 heterocycles. The van der Waals surface area contributed by atoms with E-state index in [1.807, 2.05) is 0 Å². The molecule has 2 aliphatic rings. The van der Waals surface area contributed by atoms with Gasteiger partial charge < -0.3 is 15.2 Å². The van der Waals surface area contributed by atoms with Crippen LogP contribution in [0.4, 0.5) is 26.3 Å². The zero-order valence-electron chi connectivity index (χ0n) is 18.1. The fourth-order valence-electron chi connectivity index (χ4n) is 4.59. The number of Topliss-reactive ketones (excluding diaryl/α,β-unsaturated/α-hetero) is 3. The second-order valence-corrected chi connectivity index (χ2v) is 9.55. The van der Waals surface area contributed by atoms with Gasteiger partial charge in [0.15, 0.2) is 17.3 Å². The maximum Gasteiger partial charge on any atom is 0.411 e. The summed E-state index contributed by atoms with van der Waals surface area (Å²) in [5.41, 5.74) is -3.11. The zero-order chi connectivity index (χ0) is 24.9. The molecule has 12 heteroatoms. The average molecular weight is 475 g/mol. The predicted octanol–water partition coefficient (Wildman–Crippen LogP) is 2.61. The number of ether oxygens (including phenoxy) is 1. The van der Waals surface area contributed by atoms with E-state index >= 15 is 0 Å². The van der Waals surface area contributed by atoms with Gasteiger partial charge in [0, 0.05) is 12.0 Å². The Morgan fingerprint density at radius 1 is 1.09 bits per heavy atom. The highest BCUT2D eigenvalue weighted by molar-refractivity contribution is 6.19. The molecule has 32 heavy (non-hydrogen) atoms. The van der Waals surface area contributed by atoms with Crippen LogP contribution in [0.15, 0.2) is 0 Å². The van der Waals surface area contributed by atoms with E-state index in [1.165, 1.54) is 27.7 Å². The number of hydrogen-bond acceptors (Lipinski definition) is 6. The molecule has 184 valence electrons. The third-order valence-electron chi connectivity index (χ3n) is 6.40. The van der Waals surface area contributed by atoms with E-state index in [4.69, 9.17) is 0 Å². The first-order chi connectivity index (χ1) is 14.3. The second-order valence-electron chi connectivity index (χ2n) is 9.55. The Morgan fingerprint density at radius 3 is 2.16 bits per heavy atom. The Hall–Kier alpha value is -1.53. The van der Waals surface area contributed by atoms with E-state index < -0.39 is 90.2 Å². The van der Waals surface area contributed by atoms with Crippen LogP contribution in [0.2, 0.25) is 0 Å². The van der Waals surface area contributed by atoms with Crippen LogP contribution in [-0.4, -0.2) is 66.2 Å². The van der Waals surface area contributed by atoms with Crippen LogP contribution >= 0.6 is 0 Å². The summed E-state index contributed by atoms with van der Waals surface area (Å²) >= 11 is 0. The number of aliphatic hydroxyl groups is 1. The lowest BCUT2D eigenvalue weighted by molar-refractivity contribution is -0.186. The highest BCUT2D eigenvalue weighted by Gasteiger charge is 2.61. The Labute approximate surface area is 181 Å². The van der Waals surface area contributed by atoms with E-state index in [1.54, 1.807) is 0 Å². The van der Waals surface area contributed by atoms with Gasteiger partial charge in [0.1, 0.15) is 18.6 Å². The number of piperidine rings is 1. The summed E-state index contributed by atoms with van der Waals surface area (Å²) in [6.45, 7) is 2.74. The summed E-state index contributed by atoms with van der Waals surface area (Å²) in [5.74, 6) is -5.38. The number of nitrogens with one attached hydrogen (secondary N) is 1.